The maximum absolute atomic E-state index is 12.0. The summed E-state index contributed by atoms with van der Waals surface area (Å²) in [4.78, 5) is 11.3. The molecule has 20 heavy (non-hydrogen) atoms. The second kappa shape index (κ2) is 7.14. The van der Waals surface area contributed by atoms with Crippen LogP contribution in [0.4, 0.5) is 13.2 Å². The van der Waals surface area contributed by atoms with Gasteiger partial charge in [0, 0.05) is 0 Å². The van der Waals surface area contributed by atoms with Crippen LogP contribution in [-0.2, 0) is 11.2 Å². The van der Waals surface area contributed by atoms with E-state index in [2.05, 4.69) is 0 Å². The van der Waals surface area contributed by atoms with Crippen LogP contribution in [0.25, 0.3) is 0 Å². The number of nitrogens with one attached hydrogen (secondary N) is 1. The number of aryl methyl sites for hydroxylation is 1. The third-order valence-electron chi connectivity index (χ3n) is 2.55. The smallest absolute Gasteiger partial charge is 0.416 e. The number of carbonyl (C=O) groups excluding carboxylic acids is 1. The first kappa shape index (κ1) is 16.3. The lowest BCUT2D eigenvalue weighted by molar-refractivity contribution is -0.201. The van der Waals surface area contributed by atoms with Gasteiger partial charge in [-0.05, 0) is 24.1 Å². The van der Waals surface area contributed by atoms with Gasteiger partial charge >= 0.3 is 6.18 Å². The Morgan fingerprint density at radius 1 is 1.45 bits per heavy atom. The number of amides is 1. The minimum atomic E-state index is -4.75. The summed E-state index contributed by atoms with van der Waals surface area (Å²) in [7, 11) is 0. The Morgan fingerprint density at radius 2 is 2.15 bits per heavy atom. The van der Waals surface area contributed by atoms with Gasteiger partial charge in [0.2, 0.25) is 0 Å². The molecule has 4 nitrogen and oxygen atoms in total. The molecule has 1 unspecified atom stereocenters. The molecule has 1 rings (SSSR count). The van der Waals surface area contributed by atoms with Crippen LogP contribution in [-0.4, -0.2) is 36.4 Å². The van der Waals surface area contributed by atoms with Gasteiger partial charge in [-0.25, -0.2) is 0 Å². The molecule has 1 amide bonds. The van der Waals surface area contributed by atoms with E-state index in [1.165, 1.54) is 0 Å². The van der Waals surface area contributed by atoms with Gasteiger partial charge in [0.15, 0.2) is 12.7 Å². The number of halogens is 3. The quantitative estimate of drug-likeness (QED) is 0.838. The van der Waals surface area contributed by atoms with Crippen molar-refractivity contribution >= 4 is 5.91 Å². The number of hydrogen-bond donors (Lipinski definition) is 2. The molecule has 1 aromatic rings. The van der Waals surface area contributed by atoms with Crippen LogP contribution in [0.3, 0.4) is 0 Å². The molecular formula is C13H16F3NO3. The van der Waals surface area contributed by atoms with Gasteiger partial charge in [-0.15, -0.1) is 0 Å². The van der Waals surface area contributed by atoms with Crippen molar-refractivity contribution in [1.29, 1.82) is 0 Å². The molecule has 0 radical (unpaired) electrons. The van der Waals surface area contributed by atoms with Gasteiger partial charge in [-0.1, -0.05) is 19.1 Å². The third-order valence-corrected chi connectivity index (χ3v) is 2.55. The summed E-state index contributed by atoms with van der Waals surface area (Å²) in [5.74, 6) is -0.258. The van der Waals surface area contributed by atoms with E-state index in [4.69, 9.17) is 9.84 Å². The molecular weight excluding hydrogens is 275 g/mol. The van der Waals surface area contributed by atoms with Gasteiger partial charge < -0.3 is 15.2 Å². The highest BCUT2D eigenvalue weighted by atomic mass is 19.4. The molecule has 0 aliphatic rings. The molecule has 0 fully saturated rings. The highest BCUT2D eigenvalue weighted by Crippen LogP contribution is 2.19. The molecule has 0 heterocycles. The van der Waals surface area contributed by atoms with Gasteiger partial charge in [-0.2, -0.15) is 13.2 Å². The average Bonchev–Trinajstić information content (AvgIpc) is 2.41. The zero-order chi connectivity index (χ0) is 15.2. The monoisotopic (exact) mass is 291 g/mol. The van der Waals surface area contributed by atoms with Gasteiger partial charge in [0.05, 0.1) is 6.54 Å². The van der Waals surface area contributed by atoms with Gasteiger partial charge in [0.25, 0.3) is 5.91 Å². The van der Waals surface area contributed by atoms with Crippen molar-refractivity contribution in [1.82, 2.24) is 5.32 Å². The third kappa shape index (κ3) is 5.48. The maximum Gasteiger partial charge on any atom is 0.416 e. The number of alkyl halides is 3. The van der Waals surface area contributed by atoms with E-state index < -0.39 is 31.3 Å². The minimum absolute atomic E-state index is 0.405. The standard InChI is InChI=1S/C13H16F3NO3/c1-2-9-4-3-5-10(6-9)20-8-12(19)17-7-11(18)13(14,15)16/h3-6,11,18H,2,7-8H2,1H3,(H,17,19). The zero-order valence-corrected chi connectivity index (χ0v) is 10.9. The molecule has 7 heteroatoms. The largest absolute Gasteiger partial charge is 0.484 e. The van der Waals surface area contributed by atoms with E-state index in [-0.39, 0.29) is 0 Å². The Bertz CT molecular complexity index is 449. The van der Waals surface area contributed by atoms with Crippen LogP contribution >= 0.6 is 0 Å². The summed E-state index contributed by atoms with van der Waals surface area (Å²) >= 11 is 0. The van der Waals surface area contributed by atoms with Crippen molar-refractivity contribution in [2.75, 3.05) is 13.2 Å². The first-order chi connectivity index (χ1) is 9.32. The van der Waals surface area contributed by atoms with Crippen molar-refractivity contribution in [2.24, 2.45) is 0 Å². The molecule has 2 N–H and O–H groups in total. The van der Waals surface area contributed by atoms with E-state index in [9.17, 15) is 18.0 Å². The molecule has 1 atom stereocenters. The number of rotatable bonds is 6. The van der Waals surface area contributed by atoms with Crippen molar-refractivity contribution < 1.29 is 27.8 Å². The van der Waals surface area contributed by atoms with E-state index in [1.807, 2.05) is 18.3 Å². The van der Waals surface area contributed by atoms with Crippen molar-refractivity contribution in [3.05, 3.63) is 29.8 Å². The molecule has 0 spiro atoms. The van der Waals surface area contributed by atoms with E-state index in [0.29, 0.717) is 5.75 Å². The molecule has 0 saturated carbocycles. The van der Waals surface area contributed by atoms with E-state index in [1.54, 1.807) is 18.2 Å². The lowest BCUT2D eigenvalue weighted by atomic mass is 10.2. The lowest BCUT2D eigenvalue weighted by Crippen LogP contribution is -2.42. The predicted octanol–water partition coefficient (Wildman–Crippen LogP) is 1.67. The number of aliphatic hydroxyl groups is 1. The number of hydrogen-bond acceptors (Lipinski definition) is 3. The summed E-state index contributed by atoms with van der Waals surface area (Å²) in [6.45, 7) is 0.669. The number of aliphatic hydroxyl groups excluding tert-OH is 1. The molecule has 112 valence electrons. The fourth-order valence-corrected chi connectivity index (χ4v) is 1.38. The molecule has 0 saturated heterocycles. The first-order valence-corrected chi connectivity index (χ1v) is 6.06. The fourth-order valence-electron chi connectivity index (χ4n) is 1.38. The fraction of sp³-hybridized carbons (Fsp3) is 0.462. The van der Waals surface area contributed by atoms with Gasteiger partial charge in [0.1, 0.15) is 5.75 Å². The number of carbonyl (C=O) groups is 1. The van der Waals surface area contributed by atoms with Crippen LogP contribution in [0, 0.1) is 0 Å². The number of benzene rings is 1. The van der Waals surface area contributed by atoms with Crippen LogP contribution in [0.15, 0.2) is 24.3 Å². The lowest BCUT2D eigenvalue weighted by Gasteiger charge is -2.15. The van der Waals surface area contributed by atoms with Crippen LogP contribution in [0.5, 0.6) is 5.75 Å². The summed E-state index contributed by atoms with van der Waals surface area (Å²) < 4.78 is 41.2. The van der Waals surface area contributed by atoms with Crippen molar-refractivity contribution in [2.45, 2.75) is 25.6 Å². The normalized spacial score (nSPS) is 12.8. The van der Waals surface area contributed by atoms with E-state index >= 15 is 0 Å². The SMILES string of the molecule is CCc1cccc(OCC(=O)NCC(O)C(F)(F)F)c1. The Balaban J connectivity index is 2.36. The second-order valence-electron chi connectivity index (χ2n) is 4.15. The first-order valence-electron chi connectivity index (χ1n) is 6.06. The molecule has 0 aromatic heterocycles. The van der Waals surface area contributed by atoms with Crippen molar-refractivity contribution in [3.63, 3.8) is 0 Å². The Kier molecular flexibility index (Phi) is 5.82. The molecule has 0 bridgehead atoms. The molecule has 1 aromatic carbocycles. The van der Waals surface area contributed by atoms with Crippen LogP contribution in [0.2, 0.25) is 0 Å². The van der Waals surface area contributed by atoms with E-state index in [0.717, 1.165) is 12.0 Å². The molecule has 0 aliphatic carbocycles. The summed E-state index contributed by atoms with van der Waals surface area (Å²) in [5, 5.41) is 10.7. The number of ether oxygens (including phenoxy) is 1. The average molecular weight is 291 g/mol. The molecule has 0 aliphatic heterocycles. The van der Waals surface area contributed by atoms with Gasteiger partial charge in [-0.3, -0.25) is 4.79 Å². The Morgan fingerprint density at radius 3 is 2.75 bits per heavy atom. The summed E-state index contributed by atoms with van der Waals surface area (Å²) in [6, 6.07) is 7.06. The van der Waals surface area contributed by atoms with Crippen LogP contribution < -0.4 is 10.1 Å². The Hall–Kier alpha value is -1.76. The zero-order valence-electron chi connectivity index (χ0n) is 10.9. The summed E-state index contributed by atoms with van der Waals surface area (Å²) in [6.07, 6.45) is -6.51. The second-order valence-corrected chi connectivity index (χ2v) is 4.15. The Labute approximate surface area is 114 Å². The topological polar surface area (TPSA) is 58.6 Å². The van der Waals surface area contributed by atoms with Crippen molar-refractivity contribution in [3.8, 4) is 5.75 Å². The highest BCUT2D eigenvalue weighted by Gasteiger charge is 2.38. The van der Waals surface area contributed by atoms with Crippen LogP contribution in [0.1, 0.15) is 12.5 Å². The summed E-state index contributed by atoms with van der Waals surface area (Å²) in [5.41, 5.74) is 1.02. The highest BCUT2D eigenvalue weighted by molar-refractivity contribution is 5.77. The minimum Gasteiger partial charge on any atom is -0.484 e. The predicted molar refractivity (Wildman–Crippen MR) is 66.4 cm³/mol. The maximum atomic E-state index is 12.0.